The Labute approximate surface area is 106 Å². The number of ether oxygens (including phenoxy) is 1. The molecule has 0 aromatic rings. The van der Waals surface area contributed by atoms with Gasteiger partial charge in [0.1, 0.15) is 11.0 Å². The molecular weight excluding hydrogens is 267 g/mol. The maximum Gasteiger partial charge on any atom is 0.471 e. The zero-order chi connectivity index (χ0) is 14.1. The second kappa shape index (κ2) is 3.41. The number of aliphatic carboxylic acids is 1. The predicted octanol–water partition coefficient (Wildman–Crippen LogP) is 0.783. The molecule has 2 bridgehead atoms. The number of likely N-dealkylation sites (tertiary alicyclic amines) is 1. The van der Waals surface area contributed by atoms with Crippen molar-refractivity contribution in [3.63, 3.8) is 0 Å². The van der Waals surface area contributed by atoms with Crippen LogP contribution in [0.2, 0.25) is 0 Å². The van der Waals surface area contributed by atoms with Crippen LogP contribution in [-0.2, 0) is 14.3 Å². The van der Waals surface area contributed by atoms with Crippen LogP contribution < -0.4 is 0 Å². The topological polar surface area (TPSA) is 66.8 Å². The van der Waals surface area contributed by atoms with Crippen molar-refractivity contribution in [2.45, 2.75) is 37.1 Å². The van der Waals surface area contributed by atoms with Gasteiger partial charge in [0.2, 0.25) is 0 Å². The lowest BCUT2D eigenvalue weighted by Gasteiger charge is -2.55. The molecule has 3 rings (SSSR count). The average molecular weight is 279 g/mol. The van der Waals surface area contributed by atoms with Crippen LogP contribution in [0.15, 0.2) is 0 Å². The van der Waals surface area contributed by atoms with E-state index in [1.165, 1.54) is 0 Å². The second-order valence-electron chi connectivity index (χ2n) is 5.52. The number of carboxylic acids is 1. The van der Waals surface area contributed by atoms with Gasteiger partial charge in [-0.05, 0) is 19.3 Å². The number of carbonyl (C=O) groups is 2. The Morgan fingerprint density at radius 3 is 2.42 bits per heavy atom. The first kappa shape index (κ1) is 12.7. The second-order valence-corrected chi connectivity index (χ2v) is 5.52. The highest BCUT2D eigenvalue weighted by atomic mass is 19.4. The molecule has 2 atom stereocenters. The van der Waals surface area contributed by atoms with Gasteiger partial charge in [0.15, 0.2) is 0 Å². The molecule has 19 heavy (non-hydrogen) atoms. The van der Waals surface area contributed by atoms with E-state index in [9.17, 15) is 27.9 Å². The molecule has 5 nitrogen and oxygen atoms in total. The fourth-order valence-corrected chi connectivity index (χ4v) is 3.61. The van der Waals surface area contributed by atoms with E-state index in [4.69, 9.17) is 4.74 Å². The Hall–Kier alpha value is -1.31. The number of hydrogen-bond donors (Lipinski definition) is 1. The van der Waals surface area contributed by atoms with Gasteiger partial charge in [0, 0.05) is 0 Å². The summed E-state index contributed by atoms with van der Waals surface area (Å²) in [6.45, 7) is -0.567. The fourth-order valence-electron chi connectivity index (χ4n) is 3.61. The monoisotopic (exact) mass is 279 g/mol. The van der Waals surface area contributed by atoms with E-state index in [1.807, 2.05) is 0 Å². The number of nitrogens with zero attached hydrogens (tertiary/aromatic N) is 1. The first-order valence-corrected chi connectivity index (χ1v) is 5.98. The molecule has 3 fully saturated rings. The summed E-state index contributed by atoms with van der Waals surface area (Å²) in [4.78, 5) is 23.1. The van der Waals surface area contributed by atoms with Gasteiger partial charge < -0.3 is 14.7 Å². The lowest BCUT2D eigenvalue weighted by Crippen LogP contribution is -2.73. The van der Waals surface area contributed by atoms with Crippen molar-refractivity contribution < 1.29 is 32.6 Å². The van der Waals surface area contributed by atoms with Gasteiger partial charge in [0.05, 0.1) is 19.2 Å². The molecule has 1 spiro atoms. The number of amides is 1. The van der Waals surface area contributed by atoms with Gasteiger partial charge in [-0.15, -0.1) is 0 Å². The molecule has 1 N–H and O–H groups in total. The molecule has 2 unspecified atom stereocenters. The van der Waals surface area contributed by atoms with Crippen molar-refractivity contribution in [2.75, 3.05) is 13.1 Å². The van der Waals surface area contributed by atoms with E-state index in [0.717, 1.165) is 0 Å². The molecule has 0 aromatic heterocycles. The molecule has 0 aromatic carbocycles. The normalized spacial score (nSPS) is 35.5. The maximum absolute atomic E-state index is 12.3. The highest BCUT2D eigenvalue weighted by Crippen LogP contribution is 2.60. The van der Waals surface area contributed by atoms with Gasteiger partial charge in [-0.25, -0.2) is 0 Å². The maximum atomic E-state index is 12.3. The third kappa shape index (κ3) is 1.46. The average Bonchev–Trinajstić information content (AvgIpc) is 2.80. The standard InChI is InChI=1S/C11H12F3NO4/c12-11(13,14)7(16)15-4-10(5-15)9(8(17)18)2-1-6(3-9)19-10/h6H,1-5H2,(H,17,18). The van der Waals surface area contributed by atoms with E-state index in [0.29, 0.717) is 24.2 Å². The SMILES string of the molecule is O=C(N1CC2(C1)OC1CCC2(C(=O)O)C1)C(F)(F)F. The van der Waals surface area contributed by atoms with Crippen molar-refractivity contribution in [3.05, 3.63) is 0 Å². The molecule has 106 valence electrons. The van der Waals surface area contributed by atoms with Crippen LogP contribution >= 0.6 is 0 Å². The summed E-state index contributed by atoms with van der Waals surface area (Å²) in [5, 5.41) is 9.37. The zero-order valence-corrected chi connectivity index (χ0v) is 9.87. The smallest absolute Gasteiger partial charge is 0.471 e. The van der Waals surface area contributed by atoms with Crippen LogP contribution in [0.3, 0.4) is 0 Å². The van der Waals surface area contributed by atoms with Crippen molar-refractivity contribution in [1.29, 1.82) is 0 Å². The van der Waals surface area contributed by atoms with Crippen LogP contribution in [0.1, 0.15) is 19.3 Å². The minimum atomic E-state index is -4.92. The molecule has 1 saturated carbocycles. The predicted molar refractivity (Wildman–Crippen MR) is 54.2 cm³/mol. The quantitative estimate of drug-likeness (QED) is 0.770. The Balaban J connectivity index is 1.79. The molecule has 2 heterocycles. The summed E-state index contributed by atoms with van der Waals surface area (Å²) in [5.41, 5.74) is -2.25. The fraction of sp³-hybridized carbons (Fsp3) is 0.818. The Morgan fingerprint density at radius 1 is 1.32 bits per heavy atom. The third-order valence-corrected chi connectivity index (χ3v) is 4.57. The van der Waals surface area contributed by atoms with Crippen LogP contribution in [0, 0.1) is 5.41 Å². The number of carbonyl (C=O) groups excluding carboxylic acids is 1. The number of hydrogen-bond acceptors (Lipinski definition) is 3. The third-order valence-electron chi connectivity index (χ3n) is 4.57. The van der Waals surface area contributed by atoms with Crippen LogP contribution in [0.5, 0.6) is 0 Å². The highest BCUT2D eigenvalue weighted by molar-refractivity contribution is 5.84. The van der Waals surface area contributed by atoms with E-state index >= 15 is 0 Å². The summed E-state index contributed by atoms with van der Waals surface area (Å²) in [6, 6.07) is 0. The first-order chi connectivity index (χ1) is 8.70. The molecule has 8 heteroatoms. The summed E-state index contributed by atoms with van der Waals surface area (Å²) in [7, 11) is 0. The molecule has 3 aliphatic rings. The molecule has 1 aliphatic carbocycles. The summed E-state index contributed by atoms with van der Waals surface area (Å²) in [5.74, 6) is -2.96. The van der Waals surface area contributed by atoms with E-state index in [2.05, 4.69) is 0 Å². The molecule has 0 radical (unpaired) electrons. The minimum Gasteiger partial charge on any atom is -0.481 e. The lowest BCUT2D eigenvalue weighted by molar-refractivity contribution is -0.231. The van der Waals surface area contributed by atoms with Gasteiger partial charge >= 0.3 is 18.1 Å². The summed E-state index contributed by atoms with van der Waals surface area (Å²) in [6.07, 6.45) is -3.78. The summed E-state index contributed by atoms with van der Waals surface area (Å²) < 4.78 is 42.5. The van der Waals surface area contributed by atoms with E-state index in [1.54, 1.807) is 0 Å². The van der Waals surface area contributed by atoms with Crippen molar-refractivity contribution in [3.8, 4) is 0 Å². The number of fused-ring (bicyclic) bond motifs is 3. The highest BCUT2D eigenvalue weighted by Gasteiger charge is 2.72. The first-order valence-electron chi connectivity index (χ1n) is 5.98. The van der Waals surface area contributed by atoms with Crippen LogP contribution in [-0.4, -0.2) is 52.9 Å². The largest absolute Gasteiger partial charge is 0.481 e. The van der Waals surface area contributed by atoms with Gasteiger partial charge in [0.25, 0.3) is 0 Å². The lowest BCUT2D eigenvalue weighted by atomic mass is 9.67. The van der Waals surface area contributed by atoms with Crippen molar-refractivity contribution in [2.24, 2.45) is 5.41 Å². The van der Waals surface area contributed by atoms with Crippen molar-refractivity contribution >= 4 is 11.9 Å². The molecule has 2 saturated heterocycles. The number of rotatable bonds is 1. The number of alkyl halides is 3. The van der Waals surface area contributed by atoms with Crippen LogP contribution in [0.4, 0.5) is 13.2 Å². The van der Waals surface area contributed by atoms with Gasteiger partial charge in [-0.2, -0.15) is 13.2 Å². The molecule has 2 aliphatic heterocycles. The summed E-state index contributed by atoms with van der Waals surface area (Å²) >= 11 is 0. The zero-order valence-electron chi connectivity index (χ0n) is 9.87. The molecule has 1 amide bonds. The van der Waals surface area contributed by atoms with Gasteiger partial charge in [-0.1, -0.05) is 0 Å². The van der Waals surface area contributed by atoms with Gasteiger partial charge in [-0.3, -0.25) is 9.59 Å². The van der Waals surface area contributed by atoms with Crippen LogP contribution in [0.25, 0.3) is 0 Å². The Morgan fingerprint density at radius 2 is 1.95 bits per heavy atom. The Bertz CT molecular complexity index is 457. The number of halogens is 3. The van der Waals surface area contributed by atoms with E-state index in [-0.39, 0.29) is 19.2 Å². The minimum absolute atomic E-state index is 0.209. The molecular formula is C11H12F3NO4. The Kier molecular flexibility index (Phi) is 2.28. The van der Waals surface area contributed by atoms with Crippen molar-refractivity contribution in [1.82, 2.24) is 4.90 Å². The number of carboxylic acid groups (broad SMARTS) is 1. The van der Waals surface area contributed by atoms with E-state index < -0.39 is 29.1 Å².